The van der Waals surface area contributed by atoms with Gasteiger partial charge >= 0.3 is 0 Å². The van der Waals surface area contributed by atoms with Crippen molar-refractivity contribution in [1.82, 2.24) is 5.32 Å². The number of hydrogen-bond donors (Lipinski definition) is 2. The number of nitrogens with two attached hydrogens (primary N) is 1. The molecule has 2 nitrogen and oxygen atoms in total. The van der Waals surface area contributed by atoms with Gasteiger partial charge in [0.25, 0.3) is 0 Å². The van der Waals surface area contributed by atoms with Gasteiger partial charge in [0, 0.05) is 12.2 Å². The number of rotatable bonds is 6. The van der Waals surface area contributed by atoms with Crippen molar-refractivity contribution in [2.24, 2.45) is 17.8 Å². The van der Waals surface area contributed by atoms with E-state index in [9.17, 15) is 0 Å². The fourth-order valence-electron chi connectivity index (χ4n) is 2.42. The zero-order chi connectivity index (χ0) is 13.7. The standard InChI is InChI=1S/C16H28N2/c1-11(2)15(12(3)4)10-18-9-14-7-6-13(5)16(17)8-14/h6-8,11-12,15,18H,9-10,17H2,1-5H3. The van der Waals surface area contributed by atoms with Crippen LogP contribution in [-0.2, 0) is 6.54 Å². The summed E-state index contributed by atoms with van der Waals surface area (Å²) in [7, 11) is 0. The molecule has 2 heteroatoms. The van der Waals surface area contributed by atoms with Gasteiger partial charge in [0.15, 0.2) is 0 Å². The van der Waals surface area contributed by atoms with Crippen LogP contribution in [-0.4, -0.2) is 6.54 Å². The van der Waals surface area contributed by atoms with E-state index in [0.29, 0.717) is 0 Å². The van der Waals surface area contributed by atoms with E-state index in [2.05, 4.69) is 51.2 Å². The van der Waals surface area contributed by atoms with Gasteiger partial charge in [0.2, 0.25) is 0 Å². The fraction of sp³-hybridized carbons (Fsp3) is 0.625. The van der Waals surface area contributed by atoms with E-state index in [1.165, 1.54) is 5.56 Å². The summed E-state index contributed by atoms with van der Waals surface area (Å²) < 4.78 is 0. The lowest BCUT2D eigenvalue weighted by Gasteiger charge is -2.25. The lowest BCUT2D eigenvalue weighted by atomic mass is 9.85. The molecule has 0 aliphatic carbocycles. The summed E-state index contributed by atoms with van der Waals surface area (Å²) in [6, 6.07) is 6.31. The Morgan fingerprint density at radius 2 is 1.72 bits per heavy atom. The van der Waals surface area contributed by atoms with Crippen LogP contribution in [0, 0.1) is 24.7 Å². The van der Waals surface area contributed by atoms with E-state index < -0.39 is 0 Å². The van der Waals surface area contributed by atoms with Gasteiger partial charge in [-0.05, 0) is 48.4 Å². The Kier molecular flexibility index (Phi) is 5.67. The normalized spacial score (nSPS) is 11.8. The Hall–Kier alpha value is -1.02. The largest absolute Gasteiger partial charge is 0.399 e. The van der Waals surface area contributed by atoms with Crippen molar-refractivity contribution in [1.29, 1.82) is 0 Å². The third-order valence-corrected chi connectivity index (χ3v) is 3.77. The van der Waals surface area contributed by atoms with Crippen LogP contribution < -0.4 is 11.1 Å². The van der Waals surface area contributed by atoms with E-state index in [1.54, 1.807) is 0 Å². The monoisotopic (exact) mass is 248 g/mol. The molecule has 0 bridgehead atoms. The van der Waals surface area contributed by atoms with Crippen LogP contribution in [0.15, 0.2) is 18.2 Å². The zero-order valence-electron chi connectivity index (χ0n) is 12.5. The summed E-state index contributed by atoms with van der Waals surface area (Å²) in [5.41, 5.74) is 9.23. The molecule has 1 rings (SSSR count). The molecule has 0 saturated carbocycles. The summed E-state index contributed by atoms with van der Waals surface area (Å²) in [5, 5.41) is 3.56. The smallest absolute Gasteiger partial charge is 0.0346 e. The molecule has 1 aromatic carbocycles. The zero-order valence-corrected chi connectivity index (χ0v) is 12.5. The number of nitrogen functional groups attached to an aromatic ring is 1. The van der Waals surface area contributed by atoms with Crippen molar-refractivity contribution in [2.75, 3.05) is 12.3 Å². The lowest BCUT2D eigenvalue weighted by Crippen LogP contribution is -2.29. The third kappa shape index (κ3) is 4.34. The van der Waals surface area contributed by atoms with Gasteiger partial charge < -0.3 is 11.1 Å². The van der Waals surface area contributed by atoms with Crippen molar-refractivity contribution in [3.05, 3.63) is 29.3 Å². The SMILES string of the molecule is Cc1ccc(CNCC(C(C)C)C(C)C)cc1N. The number of benzene rings is 1. The first kappa shape index (κ1) is 15.0. The van der Waals surface area contributed by atoms with Gasteiger partial charge in [-0.1, -0.05) is 39.8 Å². The van der Waals surface area contributed by atoms with Crippen LogP contribution in [0.4, 0.5) is 5.69 Å². The van der Waals surface area contributed by atoms with Crippen LogP contribution in [0.3, 0.4) is 0 Å². The number of aryl methyl sites for hydroxylation is 1. The molecule has 1 aromatic rings. The highest BCUT2D eigenvalue weighted by molar-refractivity contribution is 5.48. The number of hydrogen-bond acceptors (Lipinski definition) is 2. The van der Waals surface area contributed by atoms with Gasteiger partial charge in [-0.25, -0.2) is 0 Å². The molecule has 3 N–H and O–H groups in total. The molecule has 0 amide bonds. The van der Waals surface area contributed by atoms with E-state index in [-0.39, 0.29) is 0 Å². The minimum absolute atomic E-state index is 0.723. The molecule has 102 valence electrons. The van der Waals surface area contributed by atoms with Gasteiger partial charge in [0.05, 0.1) is 0 Å². The van der Waals surface area contributed by atoms with Crippen LogP contribution >= 0.6 is 0 Å². The Morgan fingerprint density at radius 3 is 2.22 bits per heavy atom. The van der Waals surface area contributed by atoms with Gasteiger partial charge in [-0.2, -0.15) is 0 Å². The molecule has 0 aliphatic heterocycles. The van der Waals surface area contributed by atoms with E-state index >= 15 is 0 Å². The van der Waals surface area contributed by atoms with Gasteiger partial charge in [-0.3, -0.25) is 0 Å². The minimum Gasteiger partial charge on any atom is -0.399 e. The highest BCUT2D eigenvalue weighted by atomic mass is 14.9. The molecular formula is C16H28N2. The summed E-state index contributed by atoms with van der Waals surface area (Å²) in [6.07, 6.45) is 0. The van der Waals surface area contributed by atoms with Crippen LogP contribution in [0.5, 0.6) is 0 Å². The first-order chi connectivity index (χ1) is 8.41. The third-order valence-electron chi connectivity index (χ3n) is 3.77. The van der Waals surface area contributed by atoms with E-state index in [0.717, 1.165) is 42.1 Å². The Labute approximate surface area is 112 Å². The van der Waals surface area contributed by atoms with Crippen molar-refractivity contribution >= 4 is 5.69 Å². The molecule has 18 heavy (non-hydrogen) atoms. The quantitative estimate of drug-likeness (QED) is 0.755. The Morgan fingerprint density at radius 1 is 1.11 bits per heavy atom. The highest BCUT2D eigenvalue weighted by Crippen LogP contribution is 2.19. The van der Waals surface area contributed by atoms with E-state index in [4.69, 9.17) is 5.73 Å². The van der Waals surface area contributed by atoms with Gasteiger partial charge in [-0.15, -0.1) is 0 Å². The van der Waals surface area contributed by atoms with Crippen molar-refractivity contribution in [3.63, 3.8) is 0 Å². The Bertz CT molecular complexity index is 361. The topological polar surface area (TPSA) is 38.0 Å². The first-order valence-corrected chi connectivity index (χ1v) is 6.97. The molecule has 0 fully saturated rings. The number of nitrogens with one attached hydrogen (secondary N) is 1. The molecule has 0 aliphatic rings. The summed E-state index contributed by atoms with van der Waals surface area (Å²) in [5.74, 6) is 2.17. The molecule has 0 saturated heterocycles. The second-order valence-electron chi connectivity index (χ2n) is 5.97. The molecule has 0 radical (unpaired) electrons. The maximum atomic E-state index is 5.92. The van der Waals surface area contributed by atoms with Crippen LogP contribution in [0.1, 0.15) is 38.8 Å². The second-order valence-corrected chi connectivity index (χ2v) is 5.97. The molecule has 0 atom stereocenters. The second kappa shape index (κ2) is 6.79. The first-order valence-electron chi connectivity index (χ1n) is 6.97. The summed E-state index contributed by atoms with van der Waals surface area (Å²) in [6.45, 7) is 13.2. The van der Waals surface area contributed by atoms with Crippen LogP contribution in [0.25, 0.3) is 0 Å². The molecular weight excluding hydrogens is 220 g/mol. The summed E-state index contributed by atoms with van der Waals surface area (Å²) >= 11 is 0. The lowest BCUT2D eigenvalue weighted by molar-refractivity contribution is 0.275. The minimum atomic E-state index is 0.723. The average molecular weight is 248 g/mol. The highest BCUT2D eigenvalue weighted by Gasteiger charge is 2.16. The van der Waals surface area contributed by atoms with E-state index in [1.807, 2.05) is 6.92 Å². The maximum Gasteiger partial charge on any atom is 0.0346 e. The van der Waals surface area contributed by atoms with Gasteiger partial charge in [0.1, 0.15) is 0 Å². The van der Waals surface area contributed by atoms with Crippen molar-refractivity contribution in [3.8, 4) is 0 Å². The predicted octanol–water partition coefficient (Wildman–Crippen LogP) is 3.60. The number of anilines is 1. The fourth-order valence-corrected chi connectivity index (χ4v) is 2.42. The van der Waals surface area contributed by atoms with Crippen molar-refractivity contribution < 1.29 is 0 Å². The maximum absolute atomic E-state index is 5.92. The molecule has 0 heterocycles. The van der Waals surface area contributed by atoms with Crippen molar-refractivity contribution in [2.45, 2.75) is 41.2 Å². The average Bonchev–Trinajstić information content (AvgIpc) is 2.28. The summed E-state index contributed by atoms with van der Waals surface area (Å²) in [4.78, 5) is 0. The molecule has 0 aromatic heterocycles. The Balaban J connectivity index is 2.47. The predicted molar refractivity (Wildman–Crippen MR) is 80.5 cm³/mol. The molecule has 0 unspecified atom stereocenters. The van der Waals surface area contributed by atoms with Crippen LogP contribution in [0.2, 0.25) is 0 Å². The molecule has 0 spiro atoms.